The SMILES string of the molecule is CSCCC(N)C(=O)NC(C(=O)N1CCCC1C(=O)NC(CO)C(=O)O)C(C)C. The van der Waals surface area contributed by atoms with Gasteiger partial charge in [0.25, 0.3) is 0 Å². The predicted molar refractivity (Wildman–Crippen MR) is 109 cm³/mol. The number of aliphatic carboxylic acids is 1. The van der Waals surface area contributed by atoms with Gasteiger partial charge < -0.3 is 31.5 Å². The van der Waals surface area contributed by atoms with Crippen molar-refractivity contribution in [1.82, 2.24) is 15.5 Å². The molecular formula is C18H32N4O6S. The van der Waals surface area contributed by atoms with Crippen LogP contribution in [0.5, 0.6) is 0 Å². The number of aliphatic hydroxyl groups is 1. The number of amides is 3. The number of carboxylic acids is 1. The Bertz CT molecular complexity index is 603. The average Bonchev–Trinajstić information content (AvgIpc) is 3.16. The van der Waals surface area contributed by atoms with E-state index in [0.29, 0.717) is 25.8 Å². The quantitative estimate of drug-likeness (QED) is 0.271. The molecule has 0 radical (unpaired) electrons. The third-order valence-corrected chi connectivity index (χ3v) is 5.48. The Balaban J connectivity index is 2.86. The van der Waals surface area contributed by atoms with Gasteiger partial charge in [0, 0.05) is 6.54 Å². The molecule has 1 rings (SSSR count). The van der Waals surface area contributed by atoms with E-state index in [1.165, 1.54) is 4.90 Å². The monoisotopic (exact) mass is 432 g/mol. The molecule has 29 heavy (non-hydrogen) atoms. The van der Waals surface area contributed by atoms with E-state index in [0.717, 1.165) is 5.75 Å². The van der Waals surface area contributed by atoms with Gasteiger partial charge in [-0.1, -0.05) is 13.8 Å². The van der Waals surface area contributed by atoms with E-state index >= 15 is 0 Å². The standard InChI is InChI=1S/C18H32N4O6S/c1-10(2)14(21-15(24)11(19)6-8-29-3)17(26)22-7-4-5-13(22)16(25)20-12(9-23)18(27)28/h10-14,23H,4-9,19H2,1-3H3,(H,20,25)(H,21,24)(H,27,28). The van der Waals surface area contributed by atoms with E-state index in [-0.39, 0.29) is 5.92 Å². The minimum Gasteiger partial charge on any atom is -0.480 e. The molecular weight excluding hydrogens is 400 g/mol. The maximum absolute atomic E-state index is 13.1. The van der Waals surface area contributed by atoms with Crippen LogP contribution in [0.3, 0.4) is 0 Å². The van der Waals surface area contributed by atoms with Gasteiger partial charge >= 0.3 is 5.97 Å². The third-order valence-electron chi connectivity index (χ3n) is 4.84. The second-order valence-electron chi connectivity index (χ2n) is 7.39. The number of aliphatic hydroxyl groups excluding tert-OH is 1. The van der Waals surface area contributed by atoms with Crippen molar-refractivity contribution < 1.29 is 29.4 Å². The van der Waals surface area contributed by atoms with Crippen molar-refractivity contribution in [1.29, 1.82) is 0 Å². The highest BCUT2D eigenvalue weighted by atomic mass is 32.2. The Morgan fingerprint density at radius 2 is 1.90 bits per heavy atom. The zero-order valence-electron chi connectivity index (χ0n) is 17.1. The first kappa shape index (κ1) is 25.2. The summed E-state index contributed by atoms with van der Waals surface area (Å²) in [5.41, 5.74) is 5.89. The van der Waals surface area contributed by atoms with Crippen LogP contribution in [0.15, 0.2) is 0 Å². The van der Waals surface area contributed by atoms with Crippen molar-refractivity contribution >= 4 is 35.5 Å². The van der Waals surface area contributed by atoms with Crippen molar-refractivity contribution in [2.75, 3.05) is 25.2 Å². The third kappa shape index (κ3) is 7.16. The van der Waals surface area contributed by atoms with Gasteiger partial charge in [0.1, 0.15) is 18.1 Å². The van der Waals surface area contributed by atoms with Gasteiger partial charge in [0.15, 0.2) is 0 Å². The molecule has 1 fully saturated rings. The summed E-state index contributed by atoms with van der Waals surface area (Å²) in [4.78, 5) is 50.3. The smallest absolute Gasteiger partial charge is 0.328 e. The zero-order chi connectivity index (χ0) is 22.1. The first-order chi connectivity index (χ1) is 13.6. The number of likely N-dealkylation sites (tertiary alicyclic amines) is 1. The van der Waals surface area contributed by atoms with Crippen LogP contribution in [-0.2, 0) is 19.2 Å². The van der Waals surface area contributed by atoms with E-state index < -0.39 is 54.5 Å². The fourth-order valence-corrected chi connectivity index (χ4v) is 3.57. The summed E-state index contributed by atoms with van der Waals surface area (Å²) < 4.78 is 0. The molecule has 10 nitrogen and oxygen atoms in total. The number of carboxylic acid groups (broad SMARTS) is 1. The lowest BCUT2D eigenvalue weighted by molar-refractivity contribution is -0.146. The van der Waals surface area contributed by atoms with Gasteiger partial charge in [-0.3, -0.25) is 14.4 Å². The molecule has 0 spiro atoms. The number of hydrogen-bond donors (Lipinski definition) is 5. The van der Waals surface area contributed by atoms with Gasteiger partial charge in [0.05, 0.1) is 12.6 Å². The number of nitrogens with one attached hydrogen (secondary N) is 2. The maximum atomic E-state index is 13.1. The minimum atomic E-state index is -1.44. The van der Waals surface area contributed by atoms with Crippen molar-refractivity contribution in [2.24, 2.45) is 11.7 Å². The Kier molecular flexibility index (Phi) is 10.4. The van der Waals surface area contributed by atoms with Crippen LogP contribution >= 0.6 is 11.8 Å². The summed E-state index contributed by atoms with van der Waals surface area (Å²) in [6, 6.07) is -3.85. The molecule has 0 aromatic rings. The molecule has 4 unspecified atom stereocenters. The molecule has 4 atom stereocenters. The first-order valence-corrected chi connectivity index (χ1v) is 11.0. The number of nitrogens with zero attached hydrogens (tertiary/aromatic N) is 1. The molecule has 0 aromatic carbocycles. The topological polar surface area (TPSA) is 162 Å². The Morgan fingerprint density at radius 3 is 2.41 bits per heavy atom. The summed E-state index contributed by atoms with van der Waals surface area (Å²) in [5, 5.41) is 23.1. The van der Waals surface area contributed by atoms with E-state index in [9.17, 15) is 19.2 Å². The van der Waals surface area contributed by atoms with Crippen LogP contribution in [0.1, 0.15) is 33.1 Å². The van der Waals surface area contributed by atoms with E-state index in [4.69, 9.17) is 15.9 Å². The highest BCUT2D eigenvalue weighted by Gasteiger charge is 2.39. The largest absolute Gasteiger partial charge is 0.480 e. The van der Waals surface area contributed by atoms with Crippen molar-refractivity contribution in [2.45, 2.75) is 57.3 Å². The Labute approximate surface area is 174 Å². The Morgan fingerprint density at radius 1 is 1.24 bits per heavy atom. The summed E-state index contributed by atoms with van der Waals surface area (Å²) >= 11 is 1.57. The van der Waals surface area contributed by atoms with Crippen LogP contribution in [0.4, 0.5) is 0 Å². The summed E-state index contributed by atoms with van der Waals surface area (Å²) in [5.74, 6) is -2.32. The van der Waals surface area contributed by atoms with Gasteiger partial charge in [-0.05, 0) is 37.2 Å². The maximum Gasteiger partial charge on any atom is 0.328 e. The van der Waals surface area contributed by atoms with E-state index in [1.807, 2.05) is 6.26 Å². The van der Waals surface area contributed by atoms with Gasteiger partial charge in [0.2, 0.25) is 17.7 Å². The van der Waals surface area contributed by atoms with Crippen LogP contribution in [0.2, 0.25) is 0 Å². The molecule has 6 N–H and O–H groups in total. The molecule has 0 aliphatic carbocycles. The van der Waals surface area contributed by atoms with Gasteiger partial charge in [-0.25, -0.2) is 4.79 Å². The lowest BCUT2D eigenvalue weighted by Crippen LogP contribution is -2.58. The molecule has 3 amide bonds. The molecule has 0 saturated carbocycles. The molecule has 1 aliphatic rings. The molecule has 1 heterocycles. The fraction of sp³-hybridized carbons (Fsp3) is 0.778. The second-order valence-corrected chi connectivity index (χ2v) is 8.38. The number of thioether (sulfide) groups is 1. The lowest BCUT2D eigenvalue weighted by Gasteiger charge is -2.31. The van der Waals surface area contributed by atoms with E-state index in [1.54, 1.807) is 25.6 Å². The highest BCUT2D eigenvalue weighted by Crippen LogP contribution is 2.20. The highest BCUT2D eigenvalue weighted by molar-refractivity contribution is 7.98. The molecule has 1 saturated heterocycles. The normalized spacial score (nSPS) is 19.5. The number of nitrogens with two attached hydrogens (primary N) is 1. The van der Waals surface area contributed by atoms with E-state index in [2.05, 4.69) is 10.6 Å². The van der Waals surface area contributed by atoms with Crippen LogP contribution in [-0.4, -0.2) is 88.1 Å². The summed E-state index contributed by atoms with van der Waals surface area (Å²) in [6.45, 7) is 3.15. The molecule has 0 bridgehead atoms. The number of hydrogen-bond acceptors (Lipinski definition) is 7. The van der Waals surface area contributed by atoms with Crippen LogP contribution in [0.25, 0.3) is 0 Å². The first-order valence-electron chi connectivity index (χ1n) is 9.63. The van der Waals surface area contributed by atoms with Gasteiger partial charge in [-0.15, -0.1) is 0 Å². The predicted octanol–water partition coefficient (Wildman–Crippen LogP) is -1.24. The Hall–Kier alpha value is -1.85. The minimum absolute atomic E-state index is 0.229. The molecule has 11 heteroatoms. The number of rotatable bonds is 11. The summed E-state index contributed by atoms with van der Waals surface area (Å²) in [7, 11) is 0. The molecule has 166 valence electrons. The van der Waals surface area contributed by atoms with Crippen LogP contribution < -0.4 is 16.4 Å². The number of carbonyl (C=O) groups is 4. The van der Waals surface area contributed by atoms with Gasteiger partial charge in [-0.2, -0.15) is 11.8 Å². The van der Waals surface area contributed by atoms with Crippen molar-refractivity contribution in [3.05, 3.63) is 0 Å². The number of carbonyl (C=O) groups excluding carboxylic acids is 3. The van der Waals surface area contributed by atoms with Crippen molar-refractivity contribution in [3.63, 3.8) is 0 Å². The van der Waals surface area contributed by atoms with Crippen LogP contribution in [0, 0.1) is 5.92 Å². The average molecular weight is 433 g/mol. The second kappa shape index (κ2) is 12.0. The fourth-order valence-electron chi connectivity index (χ4n) is 3.08. The summed E-state index contributed by atoms with van der Waals surface area (Å²) in [6.07, 6.45) is 3.35. The molecule has 1 aliphatic heterocycles. The lowest BCUT2D eigenvalue weighted by atomic mass is 10.0. The zero-order valence-corrected chi connectivity index (χ0v) is 17.9. The van der Waals surface area contributed by atoms with Crippen molar-refractivity contribution in [3.8, 4) is 0 Å². The molecule has 0 aromatic heterocycles.